The van der Waals surface area contributed by atoms with Gasteiger partial charge in [-0.2, -0.15) is 0 Å². The number of carbonyl (C=O) groups is 1. The first-order chi connectivity index (χ1) is 5.33. The largest absolute Gasteiger partial charge is 0.368 e. The van der Waals surface area contributed by atoms with Gasteiger partial charge in [-0.1, -0.05) is 6.08 Å². The minimum atomic E-state index is -0.464. The van der Waals surface area contributed by atoms with Crippen molar-refractivity contribution in [1.82, 2.24) is 0 Å². The molecule has 0 saturated carbocycles. The topological polar surface area (TPSA) is 26.3 Å². The van der Waals surface area contributed by atoms with Gasteiger partial charge >= 0.3 is 0 Å². The lowest BCUT2D eigenvalue weighted by atomic mass is 9.96. The summed E-state index contributed by atoms with van der Waals surface area (Å²) in [6.07, 6.45) is 6.31. The molecule has 0 amide bonds. The molecular formula is C9H14O2. The molecule has 11 heavy (non-hydrogen) atoms. The van der Waals surface area contributed by atoms with E-state index < -0.39 is 5.60 Å². The molecule has 0 radical (unpaired) electrons. The fourth-order valence-corrected chi connectivity index (χ4v) is 1.41. The third kappa shape index (κ3) is 1.90. The average molecular weight is 154 g/mol. The van der Waals surface area contributed by atoms with Crippen LogP contribution in [0, 0.1) is 0 Å². The van der Waals surface area contributed by atoms with Crippen LogP contribution in [0.5, 0.6) is 0 Å². The van der Waals surface area contributed by atoms with Gasteiger partial charge in [0.2, 0.25) is 0 Å². The molecule has 0 aromatic carbocycles. The summed E-state index contributed by atoms with van der Waals surface area (Å²) in [5.41, 5.74) is -0.464. The minimum absolute atomic E-state index is 0.464. The Bertz CT molecular complexity index is 146. The zero-order valence-electron chi connectivity index (χ0n) is 6.71. The smallest absolute Gasteiger partial charge is 0.151 e. The van der Waals surface area contributed by atoms with Gasteiger partial charge in [0.1, 0.15) is 5.60 Å². The highest BCUT2D eigenvalue weighted by Gasteiger charge is 2.33. The number of ether oxygens (including phenoxy) is 1. The molecular weight excluding hydrogens is 140 g/mol. The van der Waals surface area contributed by atoms with Crippen molar-refractivity contribution in [3.05, 3.63) is 12.7 Å². The first-order valence-electron chi connectivity index (χ1n) is 4.04. The molecule has 0 bridgehead atoms. The summed E-state index contributed by atoms with van der Waals surface area (Å²) in [5, 5.41) is 0. The van der Waals surface area contributed by atoms with E-state index in [9.17, 15) is 4.79 Å². The predicted molar refractivity (Wildman–Crippen MR) is 43.4 cm³/mol. The Labute approximate surface area is 67.2 Å². The lowest BCUT2D eigenvalue weighted by Crippen LogP contribution is -2.29. The molecule has 0 N–H and O–H groups in total. The van der Waals surface area contributed by atoms with E-state index in [0.717, 1.165) is 38.6 Å². The van der Waals surface area contributed by atoms with Crippen LogP contribution in [0.25, 0.3) is 0 Å². The van der Waals surface area contributed by atoms with Gasteiger partial charge in [-0.05, 0) is 25.7 Å². The third-order valence-corrected chi connectivity index (χ3v) is 2.12. The lowest BCUT2D eigenvalue weighted by molar-refractivity contribution is -0.126. The van der Waals surface area contributed by atoms with Crippen LogP contribution >= 0.6 is 0 Å². The highest BCUT2D eigenvalue weighted by atomic mass is 16.5. The number of hydrogen-bond donors (Lipinski definition) is 0. The first kappa shape index (κ1) is 8.47. The van der Waals surface area contributed by atoms with Crippen molar-refractivity contribution in [2.45, 2.75) is 31.3 Å². The Hall–Kier alpha value is -0.630. The van der Waals surface area contributed by atoms with E-state index in [-0.39, 0.29) is 0 Å². The lowest BCUT2D eigenvalue weighted by Gasteiger charge is -2.19. The van der Waals surface area contributed by atoms with Crippen molar-refractivity contribution in [3.63, 3.8) is 0 Å². The number of hydrogen-bond acceptors (Lipinski definition) is 2. The second-order valence-electron chi connectivity index (χ2n) is 2.96. The van der Waals surface area contributed by atoms with E-state index in [4.69, 9.17) is 4.74 Å². The van der Waals surface area contributed by atoms with Gasteiger partial charge in [0, 0.05) is 6.61 Å². The van der Waals surface area contributed by atoms with Crippen molar-refractivity contribution < 1.29 is 9.53 Å². The number of aldehydes is 1. The minimum Gasteiger partial charge on any atom is -0.368 e. The predicted octanol–water partition coefficient (Wildman–Crippen LogP) is 1.70. The Morgan fingerprint density at radius 1 is 1.64 bits per heavy atom. The number of rotatable bonds is 4. The molecule has 1 rings (SSSR count). The molecule has 1 fully saturated rings. The van der Waals surface area contributed by atoms with Gasteiger partial charge < -0.3 is 9.53 Å². The van der Waals surface area contributed by atoms with Crippen LogP contribution in [0.3, 0.4) is 0 Å². The summed E-state index contributed by atoms with van der Waals surface area (Å²) in [7, 11) is 0. The maximum Gasteiger partial charge on any atom is 0.151 e. The van der Waals surface area contributed by atoms with Crippen molar-refractivity contribution in [3.8, 4) is 0 Å². The molecule has 0 aromatic rings. The van der Waals surface area contributed by atoms with E-state index in [1.165, 1.54) is 0 Å². The standard InChI is InChI=1S/C9H14O2/c1-2-3-5-9(8-10)6-4-7-11-9/h2,8H,1,3-7H2. The van der Waals surface area contributed by atoms with Crippen molar-refractivity contribution >= 4 is 6.29 Å². The molecule has 1 atom stereocenters. The van der Waals surface area contributed by atoms with Gasteiger partial charge in [-0.15, -0.1) is 6.58 Å². The van der Waals surface area contributed by atoms with Gasteiger partial charge in [0.05, 0.1) is 0 Å². The van der Waals surface area contributed by atoms with E-state index >= 15 is 0 Å². The highest BCUT2D eigenvalue weighted by molar-refractivity contribution is 5.62. The molecule has 0 aromatic heterocycles. The van der Waals surface area contributed by atoms with Crippen molar-refractivity contribution in [2.24, 2.45) is 0 Å². The van der Waals surface area contributed by atoms with Gasteiger partial charge in [0.25, 0.3) is 0 Å². The molecule has 1 saturated heterocycles. The molecule has 0 spiro atoms. The number of carbonyl (C=O) groups excluding carboxylic acids is 1. The van der Waals surface area contributed by atoms with E-state index in [1.807, 2.05) is 6.08 Å². The second kappa shape index (κ2) is 3.67. The summed E-state index contributed by atoms with van der Waals surface area (Å²) in [5.74, 6) is 0. The second-order valence-corrected chi connectivity index (χ2v) is 2.96. The first-order valence-corrected chi connectivity index (χ1v) is 4.04. The summed E-state index contributed by atoms with van der Waals surface area (Å²) < 4.78 is 5.38. The monoisotopic (exact) mass is 154 g/mol. The van der Waals surface area contributed by atoms with Crippen molar-refractivity contribution in [2.75, 3.05) is 6.61 Å². The van der Waals surface area contributed by atoms with Crippen LogP contribution in [0.2, 0.25) is 0 Å². The Balaban J connectivity index is 2.45. The zero-order valence-corrected chi connectivity index (χ0v) is 6.71. The average Bonchev–Trinajstić information content (AvgIpc) is 2.50. The van der Waals surface area contributed by atoms with Crippen LogP contribution in [0.15, 0.2) is 12.7 Å². The normalized spacial score (nSPS) is 30.2. The quantitative estimate of drug-likeness (QED) is 0.455. The van der Waals surface area contributed by atoms with Gasteiger partial charge in [0.15, 0.2) is 6.29 Å². The summed E-state index contributed by atoms with van der Waals surface area (Å²) >= 11 is 0. The zero-order chi connectivity index (χ0) is 8.16. The molecule has 2 heteroatoms. The molecule has 0 aliphatic carbocycles. The Morgan fingerprint density at radius 2 is 2.45 bits per heavy atom. The van der Waals surface area contributed by atoms with Crippen LogP contribution in [0.1, 0.15) is 25.7 Å². The van der Waals surface area contributed by atoms with E-state index in [2.05, 4.69) is 6.58 Å². The third-order valence-electron chi connectivity index (χ3n) is 2.12. The van der Waals surface area contributed by atoms with Crippen LogP contribution in [-0.4, -0.2) is 18.5 Å². The summed E-state index contributed by atoms with van der Waals surface area (Å²) in [6.45, 7) is 4.35. The van der Waals surface area contributed by atoms with E-state index in [0.29, 0.717) is 0 Å². The fraction of sp³-hybridized carbons (Fsp3) is 0.667. The molecule has 1 unspecified atom stereocenters. The maximum atomic E-state index is 10.7. The van der Waals surface area contributed by atoms with Crippen LogP contribution in [-0.2, 0) is 9.53 Å². The molecule has 2 nitrogen and oxygen atoms in total. The fourth-order valence-electron chi connectivity index (χ4n) is 1.41. The highest BCUT2D eigenvalue weighted by Crippen LogP contribution is 2.28. The molecule has 1 aliphatic heterocycles. The van der Waals surface area contributed by atoms with Crippen molar-refractivity contribution in [1.29, 1.82) is 0 Å². The Morgan fingerprint density at radius 3 is 2.91 bits per heavy atom. The van der Waals surface area contributed by atoms with Gasteiger partial charge in [-0.25, -0.2) is 0 Å². The number of allylic oxidation sites excluding steroid dienone is 1. The molecule has 62 valence electrons. The summed E-state index contributed by atoms with van der Waals surface area (Å²) in [6, 6.07) is 0. The van der Waals surface area contributed by atoms with Crippen LogP contribution < -0.4 is 0 Å². The van der Waals surface area contributed by atoms with Gasteiger partial charge in [-0.3, -0.25) is 0 Å². The molecule has 1 aliphatic rings. The van der Waals surface area contributed by atoms with E-state index in [1.54, 1.807) is 0 Å². The van der Waals surface area contributed by atoms with Crippen LogP contribution in [0.4, 0.5) is 0 Å². The maximum absolute atomic E-state index is 10.7. The molecule has 1 heterocycles. The SMILES string of the molecule is C=CCCC1(C=O)CCCO1. The summed E-state index contributed by atoms with van der Waals surface area (Å²) in [4.78, 5) is 10.7. The Kier molecular flexibility index (Phi) is 2.83.